The lowest BCUT2D eigenvalue weighted by atomic mass is 9.86. The summed E-state index contributed by atoms with van der Waals surface area (Å²) in [6, 6.07) is 20.3. The van der Waals surface area contributed by atoms with Gasteiger partial charge < -0.3 is 20.3 Å². The molecule has 37 heavy (non-hydrogen) atoms. The summed E-state index contributed by atoms with van der Waals surface area (Å²) in [6.45, 7) is 3.12. The maximum absolute atomic E-state index is 13.3. The van der Waals surface area contributed by atoms with Crippen molar-refractivity contribution in [2.45, 2.75) is 38.6 Å². The number of carbonyl (C=O) groups excluding carboxylic acids is 1. The SMILES string of the molecule is CCOc1ccc2ccccc2c1C(=O)NC[C@H]1CC[C@@H](Nc2nc(N(C)C)c3ccccc3n2)CC1. The highest BCUT2D eigenvalue weighted by atomic mass is 16.5. The molecule has 3 aromatic carbocycles. The molecule has 2 N–H and O–H groups in total. The minimum Gasteiger partial charge on any atom is -0.493 e. The van der Waals surface area contributed by atoms with Gasteiger partial charge in [0.25, 0.3) is 5.91 Å². The number of nitrogens with one attached hydrogen (secondary N) is 2. The van der Waals surface area contributed by atoms with Crippen LogP contribution < -0.4 is 20.3 Å². The molecular weight excluding hydrogens is 462 g/mol. The second-order valence-electron chi connectivity index (χ2n) is 9.95. The number of aromatic nitrogens is 2. The summed E-state index contributed by atoms with van der Waals surface area (Å²) < 4.78 is 5.79. The van der Waals surface area contributed by atoms with Crippen LogP contribution in [-0.4, -0.2) is 49.2 Å². The van der Waals surface area contributed by atoms with E-state index in [1.54, 1.807) is 0 Å². The summed E-state index contributed by atoms with van der Waals surface area (Å²) >= 11 is 0. The molecular formula is C30H35N5O2. The maximum atomic E-state index is 13.3. The van der Waals surface area contributed by atoms with Crippen LogP contribution in [0.1, 0.15) is 43.0 Å². The zero-order valence-corrected chi connectivity index (χ0v) is 21.8. The summed E-state index contributed by atoms with van der Waals surface area (Å²) in [7, 11) is 4.02. The van der Waals surface area contributed by atoms with Crippen LogP contribution in [0.2, 0.25) is 0 Å². The van der Waals surface area contributed by atoms with Gasteiger partial charge in [0.15, 0.2) is 0 Å². The van der Waals surface area contributed by atoms with Crippen molar-refractivity contribution in [3.8, 4) is 5.75 Å². The van der Waals surface area contributed by atoms with Crippen molar-refractivity contribution in [2.24, 2.45) is 5.92 Å². The predicted molar refractivity (Wildman–Crippen MR) is 151 cm³/mol. The molecule has 7 heteroatoms. The highest BCUT2D eigenvalue weighted by Crippen LogP contribution is 2.30. The van der Waals surface area contributed by atoms with Gasteiger partial charge in [-0.25, -0.2) is 4.98 Å². The lowest BCUT2D eigenvalue weighted by molar-refractivity contribution is 0.0941. The second-order valence-corrected chi connectivity index (χ2v) is 9.95. The molecule has 1 amide bonds. The average Bonchev–Trinajstić information content (AvgIpc) is 2.92. The Bertz CT molecular complexity index is 1400. The van der Waals surface area contributed by atoms with Gasteiger partial charge in [-0.3, -0.25) is 4.79 Å². The summed E-state index contributed by atoms with van der Waals surface area (Å²) in [4.78, 5) is 24.8. The zero-order valence-electron chi connectivity index (χ0n) is 21.8. The number of fused-ring (bicyclic) bond motifs is 2. The second kappa shape index (κ2) is 11.0. The van der Waals surface area contributed by atoms with Gasteiger partial charge in [-0.15, -0.1) is 0 Å². The monoisotopic (exact) mass is 497 g/mol. The molecule has 5 rings (SSSR count). The molecule has 0 unspecified atom stereocenters. The number of para-hydroxylation sites is 1. The molecule has 192 valence electrons. The van der Waals surface area contributed by atoms with Gasteiger partial charge in [-0.2, -0.15) is 4.98 Å². The van der Waals surface area contributed by atoms with Crippen LogP contribution in [0.25, 0.3) is 21.7 Å². The van der Waals surface area contributed by atoms with Gasteiger partial charge >= 0.3 is 0 Å². The van der Waals surface area contributed by atoms with E-state index in [1.807, 2.05) is 80.5 Å². The zero-order chi connectivity index (χ0) is 25.8. The van der Waals surface area contributed by atoms with Gasteiger partial charge in [0.05, 0.1) is 17.7 Å². The minimum absolute atomic E-state index is 0.0683. The number of nitrogens with zero attached hydrogens (tertiary/aromatic N) is 3. The Kier molecular flexibility index (Phi) is 7.40. The Morgan fingerprint density at radius 2 is 1.68 bits per heavy atom. The molecule has 7 nitrogen and oxygen atoms in total. The predicted octanol–water partition coefficient (Wildman–Crippen LogP) is 5.65. The van der Waals surface area contributed by atoms with Crippen molar-refractivity contribution in [3.63, 3.8) is 0 Å². The van der Waals surface area contributed by atoms with Crippen LogP contribution in [0.3, 0.4) is 0 Å². The number of hydrogen-bond donors (Lipinski definition) is 2. The fourth-order valence-corrected chi connectivity index (χ4v) is 5.25. The van der Waals surface area contributed by atoms with Crippen molar-refractivity contribution in [3.05, 3.63) is 66.2 Å². The van der Waals surface area contributed by atoms with Crippen molar-refractivity contribution in [1.82, 2.24) is 15.3 Å². The molecule has 0 bridgehead atoms. The molecule has 1 heterocycles. The van der Waals surface area contributed by atoms with E-state index in [9.17, 15) is 4.79 Å². The van der Waals surface area contributed by atoms with Gasteiger partial charge in [0.1, 0.15) is 11.6 Å². The molecule has 0 atom stereocenters. The van der Waals surface area contributed by atoms with Crippen LogP contribution in [-0.2, 0) is 0 Å². The number of hydrogen-bond acceptors (Lipinski definition) is 6. The third-order valence-corrected chi connectivity index (χ3v) is 7.16. The summed E-state index contributed by atoms with van der Waals surface area (Å²) in [5, 5.41) is 9.78. The van der Waals surface area contributed by atoms with E-state index in [-0.39, 0.29) is 5.91 Å². The van der Waals surface area contributed by atoms with Crippen LogP contribution in [0.4, 0.5) is 11.8 Å². The lowest BCUT2D eigenvalue weighted by Crippen LogP contribution is -2.34. The van der Waals surface area contributed by atoms with E-state index >= 15 is 0 Å². The first-order chi connectivity index (χ1) is 18.0. The van der Waals surface area contributed by atoms with E-state index in [1.165, 1.54) is 0 Å². The highest BCUT2D eigenvalue weighted by Gasteiger charge is 2.24. The number of anilines is 2. The fourth-order valence-electron chi connectivity index (χ4n) is 5.25. The number of amides is 1. The molecule has 1 aromatic heterocycles. The Balaban J connectivity index is 1.20. The molecule has 1 fully saturated rings. The van der Waals surface area contributed by atoms with Crippen molar-refractivity contribution in [1.29, 1.82) is 0 Å². The summed E-state index contributed by atoms with van der Waals surface area (Å²) in [5.41, 5.74) is 1.57. The van der Waals surface area contributed by atoms with Crippen LogP contribution in [0.15, 0.2) is 60.7 Å². The number of ether oxygens (including phenoxy) is 1. The normalized spacial score (nSPS) is 17.5. The molecule has 0 spiro atoms. The van der Waals surface area contributed by atoms with Crippen molar-refractivity contribution in [2.75, 3.05) is 37.5 Å². The van der Waals surface area contributed by atoms with Gasteiger partial charge in [0.2, 0.25) is 5.95 Å². The molecule has 0 radical (unpaired) electrons. The molecule has 1 saturated carbocycles. The first-order valence-corrected chi connectivity index (χ1v) is 13.2. The van der Waals surface area contributed by atoms with Gasteiger partial charge in [0, 0.05) is 32.1 Å². The van der Waals surface area contributed by atoms with Gasteiger partial charge in [-0.05, 0) is 67.5 Å². The Morgan fingerprint density at radius 3 is 2.43 bits per heavy atom. The maximum Gasteiger partial charge on any atom is 0.255 e. The molecule has 1 aliphatic carbocycles. The van der Waals surface area contributed by atoms with Crippen molar-refractivity contribution < 1.29 is 9.53 Å². The first-order valence-electron chi connectivity index (χ1n) is 13.2. The Labute approximate surface area is 218 Å². The van der Waals surface area contributed by atoms with E-state index < -0.39 is 0 Å². The number of carbonyl (C=O) groups is 1. The summed E-state index contributed by atoms with van der Waals surface area (Å²) in [6.07, 6.45) is 4.12. The fraction of sp³-hybridized carbons (Fsp3) is 0.367. The lowest BCUT2D eigenvalue weighted by Gasteiger charge is -2.29. The molecule has 0 aliphatic heterocycles. The number of benzene rings is 3. The smallest absolute Gasteiger partial charge is 0.255 e. The van der Waals surface area contributed by atoms with E-state index in [2.05, 4.69) is 16.7 Å². The minimum atomic E-state index is -0.0683. The third kappa shape index (κ3) is 5.45. The average molecular weight is 498 g/mol. The number of rotatable bonds is 8. The molecule has 4 aromatic rings. The molecule has 1 aliphatic rings. The van der Waals surface area contributed by atoms with Crippen LogP contribution >= 0.6 is 0 Å². The van der Waals surface area contributed by atoms with Gasteiger partial charge in [-0.1, -0.05) is 42.5 Å². The highest BCUT2D eigenvalue weighted by molar-refractivity contribution is 6.09. The molecule has 0 saturated heterocycles. The van der Waals surface area contributed by atoms with Crippen molar-refractivity contribution >= 4 is 39.3 Å². The van der Waals surface area contributed by atoms with E-state index in [0.717, 1.165) is 53.2 Å². The van der Waals surface area contributed by atoms with E-state index in [0.29, 0.717) is 42.4 Å². The third-order valence-electron chi connectivity index (χ3n) is 7.16. The topological polar surface area (TPSA) is 79.4 Å². The Hall–Kier alpha value is -3.87. The van der Waals surface area contributed by atoms with Crippen LogP contribution in [0.5, 0.6) is 5.75 Å². The first kappa shape index (κ1) is 24.8. The van der Waals surface area contributed by atoms with E-state index in [4.69, 9.17) is 14.7 Å². The van der Waals surface area contributed by atoms with Crippen LogP contribution in [0, 0.1) is 5.92 Å². The standard InChI is InChI=1S/C30H35N5O2/c1-4-37-26-18-15-21-9-5-6-10-23(21)27(26)29(36)31-19-20-13-16-22(17-14-20)32-30-33-25-12-8-7-11-24(25)28(34-30)35(2)3/h5-12,15,18,20,22H,4,13-14,16-17,19H2,1-3H3,(H,31,36)(H,32,33,34)/t20-,22+. The quantitative estimate of drug-likeness (QED) is 0.328. The Morgan fingerprint density at radius 1 is 0.946 bits per heavy atom. The largest absolute Gasteiger partial charge is 0.493 e. The summed E-state index contributed by atoms with van der Waals surface area (Å²) in [5.74, 6) is 2.62.